The van der Waals surface area contributed by atoms with E-state index in [0.717, 1.165) is 21.9 Å². The van der Waals surface area contributed by atoms with Crippen LogP contribution in [0.15, 0.2) is 97.1 Å². The molecule has 0 atom stereocenters. The first-order chi connectivity index (χ1) is 22.2. The van der Waals surface area contributed by atoms with Crippen molar-refractivity contribution in [3.8, 4) is 0 Å². The topological polar surface area (TPSA) is 0 Å². The molecule has 46 heavy (non-hydrogen) atoms. The Kier molecular flexibility index (Phi) is 15.1. The second kappa shape index (κ2) is 18.7. The molecular weight excluding hydrogens is 581 g/mol. The zero-order chi connectivity index (χ0) is 33.4. The summed E-state index contributed by atoms with van der Waals surface area (Å²) in [5.74, 6) is -1.57. The van der Waals surface area contributed by atoms with Gasteiger partial charge in [0.2, 0.25) is 0 Å². The highest BCUT2D eigenvalue weighted by atomic mass is 19.1. The SMILES string of the molecule is CCCC[N+](CCCC)(CCCC)CCCC.Fc1ccc([B-](c2ccc(F)cc2)(c2ccc(F)cc2)c2ccc(F)cc2)cc1. The number of benzene rings is 4. The van der Waals surface area contributed by atoms with Gasteiger partial charge in [0.25, 0.3) is 0 Å². The van der Waals surface area contributed by atoms with Crippen molar-refractivity contribution in [1.29, 1.82) is 0 Å². The van der Waals surface area contributed by atoms with Gasteiger partial charge in [-0.15, -0.1) is 0 Å². The molecule has 0 radical (unpaired) electrons. The number of quaternary nitrogens is 1. The van der Waals surface area contributed by atoms with Crippen LogP contribution < -0.4 is 21.9 Å². The van der Waals surface area contributed by atoms with Gasteiger partial charge < -0.3 is 4.48 Å². The van der Waals surface area contributed by atoms with Gasteiger partial charge in [0.05, 0.1) is 26.2 Å². The maximum atomic E-state index is 13.7. The zero-order valence-electron chi connectivity index (χ0n) is 28.3. The summed E-state index contributed by atoms with van der Waals surface area (Å²) in [4.78, 5) is 0. The third kappa shape index (κ3) is 9.81. The highest BCUT2D eigenvalue weighted by Crippen LogP contribution is 2.17. The van der Waals surface area contributed by atoms with E-state index in [1.165, 1.54) is 131 Å². The summed E-state index contributed by atoms with van der Waals surface area (Å²) >= 11 is 0. The van der Waals surface area contributed by atoms with Gasteiger partial charge >= 0.3 is 0 Å². The van der Waals surface area contributed by atoms with Crippen molar-refractivity contribution < 1.29 is 22.0 Å². The van der Waals surface area contributed by atoms with Gasteiger partial charge in [-0.25, -0.2) is 17.6 Å². The Morgan fingerprint density at radius 1 is 0.370 bits per heavy atom. The number of unbranched alkanes of at least 4 members (excludes halogenated alkanes) is 4. The molecule has 0 heterocycles. The van der Waals surface area contributed by atoms with E-state index in [2.05, 4.69) is 27.7 Å². The van der Waals surface area contributed by atoms with E-state index in [1.807, 2.05) is 0 Å². The maximum Gasteiger partial charge on any atom is 0.122 e. The molecule has 0 amide bonds. The second-order valence-corrected chi connectivity index (χ2v) is 12.7. The van der Waals surface area contributed by atoms with E-state index in [0.29, 0.717) is 0 Å². The van der Waals surface area contributed by atoms with Crippen LogP contribution in [0.5, 0.6) is 0 Å². The minimum absolute atomic E-state index is 0.393. The van der Waals surface area contributed by atoms with Crippen LogP contribution in [0.3, 0.4) is 0 Å². The van der Waals surface area contributed by atoms with E-state index < -0.39 is 29.4 Å². The van der Waals surface area contributed by atoms with E-state index in [4.69, 9.17) is 0 Å². The van der Waals surface area contributed by atoms with Crippen LogP contribution in [0.25, 0.3) is 0 Å². The second-order valence-electron chi connectivity index (χ2n) is 12.7. The third-order valence-electron chi connectivity index (χ3n) is 9.42. The van der Waals surface area contributed by atoms with Gasteiger partial charge in [-0.2, -0.15) is 21.9 Å². The largest absolute Gasteiger partial charge is 0.324 e. The predicted molar refractivity (Wildman–Crippen MR) is 189 cm³/mol. The highest BCUT2D eigenvalue weighted by molar-refractivity contribution is 7.19. The highest BCUT2D eigenvalue weighted by Gasteiger charge is 2.32. The Morgan fingerprint density at radius 2 is 0.565 bits per heavy atom. The van der Waals surface area contributed by atoms with Crippen LogP contribution in [0.4, 0.5) is 17.6 Å². The summed E-state index contributed by atoms with van der Waals surface area (Å²) < 4.78 is 56.2. The average Bonchev–Trinajstić information content (AvgIpc) is 3.07. The van der Waals surface area contributed by atoms with Crippen LogP contribution >= 0.6 is 0 Å². The average molecular weight is 634 g/mol. The molecule has 0 aliphatic heterocycles. The van der Waals surface area contributed by atoms with Crippen molar-refractivity contribution in [3.05, 3.63) is 120 Å². The molecule has 1 nitrogen and oxygen atoms in total. The molecule has 0 saturated carbocycles. The van der Waals surface area contributed by atoms with Crippen molar-refractivity contribution in [2.24, 2.45) is 0 Å². The number of halogens is 4. The van der Waals surface area contributed by atoms with Crippen molar-refractivity contribution in [2.75, 3.05) is 26.2 Å². The number of nitrogens with zero attached hydrogens (tertiary/aromatic N) is 1. The van der Waals surface area contributed by atoms with E-state index in [9.17, 15) is 17.6 Å². The summed E-state index contributed by atoms with van der Waals surface area (Å²) in [6.45, 7) is 15.0. The van der Waals surface area contributed by atoms with Gasteiger partial charge in [0, 0.05) is 0 Å². The van der Waals surface area contributed by atoms with Gasteiger partial charge in [-0.1, -0.05) is 102 Å². The van der Waals surface area contributed by atoms with Gasteiger partial charge in [-0.05, 0) is 74.2 Å². The van der Waals surface area contributed by atoms with Crippen molar-refractivity contribution >= 4 is 28.0 Å². The first-order valence-electron chi connectivity index (χ1n) is 17.3. The van der Waals surface area contributed by atoms with Crippen molar-refractivity contribution in [1.82, 2.24) is 0 Å². The summed E-state index contributed by atoms with van der Waals surface area (Å²) in [6, 6.07) is 24.1. The first-order valence-corrected chi connectivity index (χ1v) is 17.3. The van der Waals surface area contributed by atoms with Crippen LogP contribution in [-0.2, 0) is 0 Å². The lowest BCUT2D eigenvalue weighted by molar-refractivity contribution is -0.929. The summed E-state index contributed by atoms with van der Waals surface area (Å²) in [5.41, 5.74) is 2.99. The van der Waals surface area contributed by atoms with Gasteiger partial charge in [-0.3, -0.25) is 0 Å². The van der Waals surface area contributed by atoms with E-state index >= 15 is 0 Å². The minimum Gasteiger partial charge on any atom is -0.324 e. The molecular formula is C40H52BF4N. The molecule has 0 fully saturated rings. The number of hydrogen-bond donors (Lipinski definition) is 0. The van der Waals surface area contributed by atoms with E-state index in [-0.39, 0.29) is 0 Å². The van der Waals surface area contributed by atoms with Crippen LogP contribution in [-0.4, -0.2) is 36.8 Å². The molecule has 0 aliphatic rings. The molecule has 0 saturated heterocycles. The predicted octanol–water partition coefficient (Wildman–Crippen LogP) is 8.62. The lowest BCUT2D eigenvalue weighted by Gasteiger charge is -2.44. The van der Waals surface area contributed by atoms with Crippen LogP contribution in [0.2, 0.25) is 0 Å². The Bertz CT molecular complexity index is 1180. The van der Waals surface area contributed by atoms with Gasteiger partial charge in [0.15, 0.2) is 0 Å². The normalized spacial score (nSPS) is 11.7. The molecule has 0 bridgehead atoms. The molecule has 0 unspecified atom stereocenters. The van der Waals surface area contributed by atoms with Crippen molar-refractivity contribution in [3.63, 3.8) is 0 Å². The molecule has 0 aromatic heterocycles. The summed E-state index contributed by atoms with van der Waals surface area (Å²) in [7, 11) is 0. The molecule has 0 aliphatic carbocycles. The standard InChI is InChI=1S/C24H16BF4.C16H36N/c26-21-9-1-17(2-10-21)25(18-3-11-22(27)12-4-18,19-5-13-23(28)14-6-19)20-7-15-24(29)16-8-20;1-5-9-13-17(14-10-6-2,15-11-7-3)16-12-8-4/h1-16H;5-16H2,1-4H3/q-1;+1. The van der Waals surface area contributed by atoms with Crippen LogP contribution in [0.1, 0.15) is 79.1 Å². The Hall–Kier alpha value is -3.38. The first kappa shape index (κ1) is 37.1. The maximum absolute atomic E-state index is 13.7. The third-order valence-corrected chi connectivity index (χ3v) is 9.42. The minimum atomic E-state index is -1.94. The lowest BCUT2D eigenvalue weighted by Crippen LogP contribution is -2.74. The molecule has 4 rings (SSSR count). The Balaban J connectivity index is 0.000000292. The lowest BCUT2D eigenvalue weighted by atomic mass is 9.13. The van der Waals surface area contributed by atoms with Crippen molar-refractivity contribution in [2.45, 2.75) is 79.1 Å². The fourth-order valence-corrected chi connectivity index (χ4v) is 6.81. The Morgan fingerprint density at radius 3 is 0.739 bits per heavy atom. The molecule has 6 heteroatoms. The fraction of sp³-hybridized carbons (Fsp3) is 0.400. The molecule has 0 N–H and O–H groups in total. The fourth-order valence-electron chi connectivity index (χ4n) is 6.81. The zero-order valence-corrected chi connectivity index (χ0v) is 28.3. The quantitative estimate of drug-likeness (QED) is 0.0659. The molecule has 0 spiro atoms. The van der Waals surface area contributed by atoms with Crippen LogP contribution in [0, 0.1) is 23.3 Å². The number of hydrogen-bond acceptors (Lipinski definition) is 0. The molecule has 4 aromatic carbocycles. The van der Waals surface area contributed by atoms with E-state index in [1.54, 1.807) is 48.5 Å². The number of rotatable bonds is 16. The molecule has 248 valence electrons. The summed E-state index contributed by atoms with van der Waals surface area (Å²) in [5, 5.41) is 0. The molecule has 4 aromatic rings. The Labute approximate surface area is 275 Å². The smallest absolute Gasteiger partial charge is 0.122 e. The van der Waals surface area contributed by atoms with Gasteiger partial charge in [0.1, 0.15) is 29.4 Å². The monoisotopic (exact) mass is 633 g/mol. The summed E-state index contributed by atoms with van der Waals surface area (Å²) in [6.07, 6.45) is 9.12.